The maximum absolute atomic E-state index is 5.67. The highest BCUT2D eigenvalue weighted by atomic mass is 35.5. The van der Waals surface area contributed by atoms with Gasteiger partial charge in [0, 0.05) is 6.54 Å². The molecule has 0 spiro atoms. The normalized spacial score (nSPS) is 11.1. The smallest absolute Gasteiger partial charge is 0.160 e. The summed E-state index contributed by atoms with van der Waals surface area (Å²) in [7, 11) is 1.89. The van der Waals surface area contributed by atoms with Gasteiger partial charge in [-0.05, 0) is 12.6 Å². The van der Waals surface area contributed by atoms with E-state index in [1.807, 2.05) is 42.3 Å². The van der Waals surface area contributed by atoms with E-state index in [9.17, 15) is 0 Å². The van der Waals surface area contributed by atoms with Crippen molar-refractivity contribution in [3.63, 3.8) is 0 Å². The molecule has 3 heteroatoms. The maximum Gasteiger partial charge on any atom is 0.160 e. The van der Waals surface area contributed by atoms with E-state index in [-0.39, 0.29) is 0 Å². The molecule has 0 saturated heterocycles. The van der Waals surface area contributed by atoms with E-state index >= 15 is 0 Å². The summed E-state index contributed by atoms with van der Waals surface area (Å²) in [6.07, 6.45) is 0. The topological polar surface area (TPSA) is 3.24 Å². The van der Waals surface area contributed by atoms with Crippen molar-refractivity contribution in [3.05, 3.63) is 35.9 Å². The van der Waals surface area contributed by atoms with Crippen molar-refractivity contribution in [2.75, 3.05) is 7.05 Å². The molecule has 1 aromatic carbocycles. The summed E-state index contributed by atoms with van der Waals surface area (Å²) < 4.78 is 0. The third-order valence-corrected chi connectivity index (χ3v) is 2.27. The highest BCUT2D eigenvalue weighted by Gasteiger charge is 2.06. The van der Waals surface area contributed by atoms with Crippen LogP contribution in [0.3, 0.4) is 0 Å². The van der Waals surface area contributed by atoms with Crippen molar-refractivity contribution in [2.45, 2.75) is 11.5 Å². The van der Waals surface area contributed by atoms with Crippen LogP contribution in [0.5, 0.6) is 0 Å². The molecular weight excluding hydrogens is 193 g/mol. The second kappa shape index (κ2) is 4.70. The zero-order chi connectivity index (χ0) is 8.97. The fourth-order valence-electron chi connectivity index (χ4n) is 0.940. The molecule has 0 atom stereocenters. The number of halogens is 2. The summed E-state index contributed by atoms with van der Waals surface area (Å²) in [6, 6.07) is 10.1. The minimum atomic E-state index is -0.440. The molecule has 1 rings (SSSR count). The first-order chi connectivity index (χ1) is 5.70. The fraction of sp³-hybridized carbons (Fsp3) is 0.333. The molecule has 0 aliphatic carbocycles. The average molecular weight is 204 g/mol. The Kier molecular flexibility index (Phi) is 3.86. The largest absolute Gasteiger partial charge is 0.274 e. The number of benzene rings is 1. The Morgan fingerprint density at radius 1 is 1.25 bits per heavy atom. The Balaban J connectivity index is 2.53. The van der Waals surface area contributed by atoms with E-state index in [1.54, 1.807) is 0 Å². The minimum Gasteiger partial charge on any atom is -0.274 e. The van der Waals surface area contributed by atoms with Crippen LogP contribution in [-0.4, -0.2) is 16.9 Å². The summed E-state index contributed by atoms with van der Waals surface area (Å²) in [5.41, 5.74) is 1.21. The first-order valence-electron chi connectivity index (χ1n) is 3.72. The van der Waals surface area contributed by atoms with E-state index in [2.05, 4.69) is 0 Å². The van der Waals surface area contributed by atoms with Gasteiger partial charge in [0.1, 0.15) is 0 Å². The summed E-state index contributed by atoms with van der Waals surface area (Å²) in [5, 5.41) is 0. The van der Waals surface area contributed by atoms with E-state index in [1.165, 1.54) is 5.56 Å². The van der Waals surface area contributed by atoms with Crippen molar-refractivity contribution in [2.24, 2.45) is 0 Å². The van der Waals surface area contributed by atoms with Gasteiger partial charge in [-0.2, -0.15) is 0 Å². The minimum absolute atomic E-state index is 0.440. The van der Waals surface area contributed by atoms with Crippen LogP contribution < -0.4 is 0 Å². The molecule has 0 saturated carbocycles. The van der Waals surface area contributed by atoms with E-state index in [0.717, 1.165) is 6.54 Å². The van der Waals surface area contributed by atoms with E-state index < -0.39 is 4.96 Å². The maximum atomic E-state index is 5.67. The second-order valence-electron chi connectivity index (χ2n) is 2.68. The third-order valence-electron chi connectivity index (χ3n) is 1.61. The van der Waals surface area contributed by atoms with Crippen molar-refractivity contribution in [1.29, 1.82) is 0 Å². The summed E-state index contributed by atoms with van der Waals surface area (Å²) >= 11 is 11.3. The zero-order valence-electron chi connectivity index (χ0n) is 6.87. The molecule has 0 N–H and O–H groups in total. The van der Waals surface area contributed by atoms with Gasteiger partial charge in [-0.15, -0.1) is 0 Å². The van der Waals surface area contributed by atoms with Gasteiger partial charge in [0.25, 0.3) is 0 Å². The second-order valence-corrected chi connectivity index (χ2v) is 3.73. The standard InChI is InChI=1S/C9H11Cl2N/c1-12(9(10)11)7-8-5-3-2-4-6-8/h2-6,9H,7H2,1H3. The molecule has 12 heavy (non-hydrogen) atoms. The molecule has 0 bridgehead atoms. The van der Waals surface area contributed by atoms with Crippen LogP contribution in [0, 0.1) is 0 Å². The molecule has 0 aliphatic rings. The number of rotatable bonds is 3. The molecular formula is C9H11Cl2N. The average Bonchev–Trinajstić information content (AvgIpc) is 2.06. The monoisotopic (exact) mass is 203 g/mol. The molecule has 0 unspecified atom stereocenters. The predicted molar refractivity (Wildman–Crippen MR) is 53.4 cm³/mol. The zero-order valence-corrected chi connectivity index (χ0v) is 8.39. The van der Waals surface area contributed by atoms with Gasteiger partial charge in [-0.25, -0.2) is 0 Å². The SMILES string of the molecule is CN(Cc1ccccc1)C(Cl)Cl. The molecule has 0 fully saturated rings. The summed E-state index contributed by atoms with van der Waals surface area (Å²) in [4.78, 5) is 1.42. The van der Waals surface area contributed by atoms with Gasteiger partial charge in [0.05, 0.1) is 0 Å². The lowest BCUT2D eigenvalue weighted by atomic mass is 10.2. The first kappa shape index (κ1) is 9.85. The lowest BCUT2D eigenvalue weighted by molar-refractivity contribution is 0.357. The van der Waals surface area contributed by atoms with Crippen LogP contribution in [0.1, 0.15) is 5.56 Å². The van der Waals surface area contributed by atoms with Gasteiger partial charge in [0.2, 0.25) is 0 Å². The third kappa shape index (κ3) is 3.02. The number of nitrogens with zero attached hydrogens (tertiary/aromatic N) is 1. The fourth-order valence-corrected chi connectivity index (χ4v) is 1.08. The van der Waals surface area contributed by atoms with Crippen molar-refractivity contribution >= 4 is 23.2 Å². The Labute approximate surface area is 82.9 Å². The number of alkyl halides is 2. The summed E-state index contributed by atoms with van der Waals surface area (Å²) in [6.45, 7) is 0.776. The molecule has 66 valence electrons. The Morgan fingerprint density at radius 2 is 1.83 bits per heavy atom. The van der Waals surface area contributed by atoms with Crippen molar-refractivity contribution in [1.82, 2.24) is 4.90 Å². The van der Waals surface area contributed by atoms with Crippen LogP contribution in [-0.2, 0) is 6.54 Å². The Hall–Kier alpha value is -0.240. The number of hydrogen-bond acceptors (Lipinski definition) is 1. The van der Waals surface area contributed by atoms with Gasteiger partial charge < -0.3 is 0 Å². The lowest BCUT2D eigenvalue weighted by Gasteiger charge is -2.17. The first-order valence-corrected chi connectivity index (χ1v) is 4.60. The van der Waals surface area contributed by atoms with Crippen LogP contribution in [0.4, 0.5) is 0 Å². The van der Waals surface area contributed by atoms with Gasteiger partial charge in [-0.3, -0.25) is 4.90 Å². The lowest BCUT2D eigenvalue weighted by Crippen LogP contribution is -2.21. The molecule has 1 aromatic rings. The highest BCUT2D eigenvalue weighted by Crippen LogP contribution is 2.11. The Morgan fingerprint density at radius 3 is 2.33 bits per heavy atom. The van der Waals surface area contributed by atoms with Gasteiger partial charge >= 0.3 is 0 Å². The van der Waals surface area contributed by atoms with E-state index in [4.69, 9.17) is 23.2 Å². The van der Waals surface area contributed by atoms with Crippen molar-refractivity contribution < 1.29 is 0 Å². The molecule has 1 nitrogen and oxygen atoms in total. The molecule has 0 heterocycles. The predicted octanol–water partition coefficient (Wildman–Crippen LogP) is 2.88. The van der Waals surface area contributed by atoms with Crippen LogP contribution in [0.15, 0.2) is 30.3 Å². The Bertz CT molecular complexity index is 223. The van der Waals surface area contributed by atoms with Gasteiger partial charge in [-0.1, -0.05) is 53.5 Å². The highest BCUT2D eigenvalue weighted by molar-refractivity contribution is 6.43. The van der Waals surface area contributed by atoms with Crippen LogP contribution >= 0.6 is 23.2 Å². The van der Waals surface area contributed by atoms with Crippen LogP contribution in [0.25, 0.3) is 0 Å². The quantitative estimate of drug-likeness (QED) is 0.540. The molecule has 0 amide bonds. The number of hydrogen-bond donors (Lipinski definition) is 0. The molecule has 0 radical (unpaired) electrons. The molecule has 0 aromatic heterocycles. The molecule has 0 aliphatic heterocycles. The van der Waals surface area contributed by atoms with Crippen molar-refractivity contribution in [3.8, 4) is 0 Å². The van der Waals surface area contributed by atoms with Gasteiger partial charge in [0.15, 0.2) is 4.96 Å². The van der Waals surface area contributed by atoms with Crippen LogP contribution in [0.2, 0.25) is 0 Å². The van der Waals surface area contributed by atoms with E-state index in [0.29, 0.717) is 0 Å². The summed E-state index contributed by atoms with van der Waals surface area (Å²) in [5.74, 6) is 0.